The van der Waals surface area contributed by atoms with Gasteiger partial charge in [-0.15, -0.1) is 0 Å². The second-order valence-electron chi connectivity index (χ2n) is 11.5. The van der Waals surface area contributed by atoms with Crippen LogP contribution in [0, 0.1) is 0 Å². The summed E-state index contributed by atoms with van der Waals surface area (Å²) in [6.45, 7) is 4.70. The van der Waals surface area contributed by atoms with E-state index in [0.29, 0.717) is 0 Å². The van der Waals surface area contributed by atoms with Crippen LogP contribution in [0.15, 0.2) is 138 Å². The molecule has 0 saturated heterocycles. The Kier molecular flexibility index (Phi) is 5.39. The molecule has 1 heterocycles. The van der Waals surface area contributed by atoms with E-state index < -0.39 is 0 Å². The van der Waals surface area contributed by atoms with Crippen LogP contribution in [0.1, 0.15) is 25.0 Å². The minimum absolute atomic E-state index is 0.0436. The summed E-state index contributed by atoms with van der Waals surface area (Å²) >= 11 is 3.74. The quantitative estimate of drug-likeness (QED) is 0.193. The fourth-order valence-electron chi connectivity index (χ4n) is 6.89. The Morgan fingerprint density at radius 2 is 1.17 bits per heavy atom. The van der Waals surface area contributed by atoms with Crippen LogP contribution in [-0.4, -0.2) is 4.57 Å². The summed E-state index contributed by atoms with van der Waals surface area (Å²) in [6, 6.07) is 48.8. The van der Waals surface area contributed by atoms with Gasteiger partial charge in [-0.3, -0.25) is 0 Å². The van der Waals surface area contributed by atoms with Gasteiger partial charge in [0.15, 0.2) is 0 Å². The molecule has 1 aromatic heterocycles. The Morgan fingerprint density at radius 3 is 2.05 bits per heavy atom. The lowest BCUT2D eigenvalue weighted by Crippen LogP contribution is -2.14. The zero-order valence-electron chi connectivity index (χ0n) is 23.0. The van der Waals surface area contributed by atoms with Crippen molar-refractivity contribution in [3.63, 3.8) is 0 Å². The van der Waals surface area contributed by atoms with E-state index in [1.165, 1.54) is 72.0 Å². The van der Waals surface area contributed by atoms with Gasteiger partial charge in [0.05, 0.1) is 16.7 Å². The van der Waals surface area contributed by atoms with Gasteiger partial charge >= 0.3 is 0 Å². The highest BCUT2D eigenvalue weighted by Gasteiger charge is 2.37. The second kappa shape index (κ2) is 9.06. The minimum atomic E-state index is -0.0436. The zero-order valence-corrected chi connectivity index (χ0v) is 24.6. The van der Waals surface area contributed by atoms with Gasteiger partial charge in [-0.1, -0.05) is 133 Å². The predicted molar refractivity (Wildman–Crippen MR) is 177 cm³/mol. The van der Waals surface area contributed by atoms with Crippen LogP contribution < -0.4 is 0 Å². The Bertz CT molecular complexity index is 2150. The third-order valence-corrected chi connectivity index (χ3v) is 9.57. The molecule has 0 spiro atoms. The Balaban J connectivity index is 1.40. The molecular formula is C39H28BrN. The molecule has 7 aromatic rings. The summed E-state index contributed by atoms with van der Waals surface area (Å²) < 4.78 is 3.59. The molecule has 0 unspecified atom stereocenters. The smallest absolute Gasteiger partial charge is 0.0547 e. The lowest BCUT2D eigenvalue weighted by Gasteiger charge is -2.22. The van der Waals surface area contributed by atoms with Gasteiger partial charge in [0, 0.05) is 26.2 Å². The van der Waals surface area contributed by atoms with Crippen LogP contribution in [0.5, 0.6) is 0 Å². The number of benzene rings is 6. The molecule has 196 valence electrons. The van der Waals surface area contributed by atoms with E-state index in [1.807, 2.05) is 0 Å². The molecule has 0 radical (unpaired) electrons. The van der Waals surface area contributed by atoms with Crippen LogP contribution in [0.25, 0.3) is 60.9 Å². The average Bonchev–Trinajstić information content (AvgIpc) is 3.46. The highest BCUT2D eigenvalue weighted by atomic mass is 79.9. The molecule has 0 amide bonds. The van der Waals surface area contributed by atoms with E-state index >= 15 is 0 Å². The molecule has 6 aromatic carbocycles. The van der Waals surface area contributed by atoms with Crippen molar-refractivity contribution in [3.8, 4) is 39.1 Å². The molecule has 0 N–H and O–H groups in total. The van der Waals surface area contributed by atoms with Crippen molar-refractivity contribution < 1.29 is 0 Å². The third kappa shape index (κ3) is 3.60. The topological polar surface area (TPSA) is 4.93 Å². The van der Waals surface area contributed by atoms with Crippen molar-refractivity contribution >= 4 is 37.7 Å². The van der Waals surface area contributed by atoms with Gasteiger partial charge in [0.25, 0.3) is 0 Å². The Hall–Kier alpha value is -4.40. The number of fused-ring (bicyclic) bond motifs is 6. The normalized spacial score (nSPS) is 13.4. The Morgan fingerprint density at radius 1 is 0.512 bits per heavy atom. The highest BCUT2D eigenvalue weighted by molar-refractivity contribution is 9.10. The van der Waals surface area contributed by atoms with Gasteiger partial charge in [-0.25, -0.2) is 0 Å². The van der Waals surface area contributed by atoms with E-state index in [9.17, 15) is 0 Å². The molecule has 8 rings (SSSR count). The summed E-state index contributed by atoms with van der Waals surface area (Å²) in [4.78, 5) is 0. The van der Waals surface area contributed by atoms with Gasteiger partial charge in [-0.2, -0.15) is 0 Å². The van der Waals surface area contributed by atoms with Crippen LogP contribution >= 0.6 is 15.9 Å². The van der Waals surface area contributed by atoms with Gasteiger partial charge in [-0.05, 0) is 69.3 Å². The van der Waals surface area contributed by atoms with Crippen LogP contribution in [0.2, 0.25) is 0 Å². The highest BCUT2D eigenvalue weighted by Crippen LogP contribution is 2.51. The standard InChI is InChI=1S/C39H28BrN/c1-39(2)32-16-6-3-15-31(32)38-33(39)17-10-20-36(38)41-35-19-8-5-14-29(35)30-22-21-26(24-37(30)41)25-11-9-12-27(23-25)28-13-4-7-18-34(28)40/h3-24H,1-2H3. The summed E-state index contributed by atoms with van der Waals surface area (Å²) in [5, 5.41) is 2.55. The summed E-state index contributed by atoms with van der Waals surface area (Å²) in [5.74, 6) is 0. The third-order valence-electron chi connectivity index (χ3n) is 8.88. The van der Waals surface area contributed by atoms with Gasteiger partial charge in [0.1, 0.15) is 0 Å². The van der Waals surface area contributed by atoms with Crippen molar-refractivity contribution in [3.05, 3.63) is 149 Å². The van der Waals surface area contributed by atoms with Crippen LogP contribution in [0.3, 0.4) is 0 Å². The molecule has 2 heteroatoms. The molecule has 0 bridgehead atoms. The molecule has 1 aliphatic rings. The number of hydrogen-bond donors (Lipinski definition) is 0. The van der Waals surface area contributed by atoms with Crippen molar-refractivity contribution in [1.29, 1.82) is 0 Å². The number of hydrogen-bond acceptors (Lipinski definition) is 0. The van der Waals surface area contributed by atoms with Gasteiger partial charge in [0.2, 0.25) is 0 Å². The van der Waals surface area contributed by atoms with Crippen LogP contribution in [-0.2, 0) is 5.41 Å². The number of para-hydroxylation sites is 1. The fourth-order valence-corrected chi connectivity index (χ4v) is 7.41. The lowest BCUT2D eigenvalue weighted by molar-refractivity contribution is 0.660. The minimum Gasteiger partial charge on any atom is -0.309 e. The molecular weight excluding hydrogens is 562 g/mol. The van der Waals surface area contributed by atoms with Crippen molar-refractivity contribution in [2.45, 2.75) is 19.3 Å². The number of nitrogens with zero attached hydrogens (tertiary/aromatic N) is 1. The maximum absolute atomic E-state index is 3.74. The number of halogens is 1. The largest absolute Gasteiger partial charge is 0.309 e. The van der Waals surface area contributed by atoms with E-state index in [2.05, 4.69) is 168 Å². The zero-order chi connectivity index (χ0) is 27.7. The predicted octanol–water partition coefficient (Wildman–Crippen LogP) is 11.2. The SMILES string of the molecule is CC1(C)c2ccccc2-c2c(-n3c4ccccc4c4ccc(-c5cccc(-c6ccccc6Br)c5)cc43)cccc21. The summed E-state index contributed by atoms with van der Waals surface area (Å²) in [6.07, 6.45) is 0. The number of rotatable bonds is 3. The summed E-state index contributed by atoms with van der Waals surface area (Å²) in [7, 11) is 0. The molecule has 0 saturated carbocycles. The molecule has 0 aliphatic heterocycles. The molecule has 0 fully saturated rings. The van der Waals surface area contributed by atoms with Gasteiger partial charge < -0.3 is 4.57 Å². The van der Waals surface area contributed by atoms with E-state index in [1.54, 1.807) is 0 Å². The monoisotopic (exact) mass is 589 g/mol. The Labute approximate surface area is 248 Å². The molecule has 41 heavy (non-hydrogen) atoms. The van der Waals surface area contributed by atoms with Crippen molar-refractivity contribution in [1.82, 2.24) is 4.57 Å². The maximum Gasteiger partial charge on any atom is 0.0547 e. The first-order valence-electron chi connectivity index (χ1n) is 14.1. The first-order chi connectivity index (χ1) is 20.0. The average molecular weight is 591 g/mol. The first kappa shape index (κ1) is 24.4. The first-order valence-corrected chi connectivity index (χ1v) is 14.9. The fraction of sp³-hybridized carbons (Fsp3) is 0.0769. The van der Waals surface area contributed by atoms with Crippen molar-refractivity contribution in [2.75, 3.05) is 0 Å². The van der Waals surface area contributed by atoms with E-state index in [-0.39, 0.29) is 5.41 Å². The molecule has 1 aliphatic carbocycles. The lowest BCUT2D eigenvalue weighted by atomic mass is 9.82. The van der Waals surface area contributed by atoms with Crippen molar-refractivity contribution in [2.24, 2.45) is 0 Å². The van der Waals surface area contributed by atoms with E-state index in [4.69, 9.17) is 0 Å². The maximum atomic E-state index is 3.74. The van der Waals surface area contributed by atoms with Crippen LogP contribution in [0.4, 0.5) is 0 Å². The number of aromatic nitrogens is 1. The molecule has 1 nitrogen and oxygen atoms in total. The van der Waals surface area contributed by atoms with E-state index in [0.717, 1.165) is 4.47 Å². The molecule has 0 atom stereocenters. The second-order valence-corrected chi connectivity index (χ2v) is 12.4. The summed E-state index contributed by atoms with van der Waals surface area (Å²) in [5.41, 5.74) is 14.0.